The number of hydrogen-bond donors (Lipinski definition) is 0. The molecule has 0 saturated heterocycles. The fourth-order valence-corrected chi connectivity index (χ4v) is 3.45. The van der Waals surface area contributed by atoms with Crippen molar-refractivity contribution in [3.63, 3.8) is 0 Å². The molecule has 0 aromatic heterocycles. The van der Waals surface area contributed by atoms with E-state index in [0.29, 0.717) is 24.4 Å². The first-order valence-electron chi connectivity index (χ1n) is 7.98. The highest BCUT2D eigenvalue weighted by Crippen LogP contribution is 2.38. The van der Waals surface area contributed by atoms with E-state index in [2.05, 4.69) is 11.8 Å². The molecule has 1 saturated carbocycles. The minimum absolute atomic E-state index is 0.282. The standard InChI is InChI=1S/C17H24FNO2/c1-3-9-19(12-5-4-6-12)13-10-14-16(20-2)8-7-15(18)17(14)21-11-13/h7-8,12-13H,3-6,9-11H2,1-2H3. The van der Waals surface area contributed by atoms with E-state index in [-0.39, 0.29) is 5.82 Å². The molecule has 1 aromatic carbocycles. The molecule has 1 aliphatic heterocycles. The van der Waals surface area contributed by atoms with Gasteiger partial charge in [-0.25, -0.2) is 4.39 Å². The summed E-state index contributed by atoms with van der Waals surface area (Å²) in [6.45, 7) is 3.88. The largest absolute Gasteiger partial charge is 0.496 e. The summed E-state index contributed by atoms with van der Waals surface area (Å²) in [5.41, 5.74) is 0.883. The van der Waals surface area contributed by atoms with E-state index in [0.717, 1.165) is 30.7 Å². The number of methoxy groups -OCH3 is 1. The molecule has 1 heterocycles. The topological polar surface area (TPSA) is 21.7 Å². The summed E-state index contributed by atoms with van der Waals surface area (Å²) in [4.78, 5) is 2.57. The summed E-state index contributed by atoms with van der Waals surface area (Å²) in [5.74, 6) is 0.840. The highest BCUT2D eigenvalue weighted by atomic mass is 19.1. The second-order valence-electron chi connectivity index (χ2n) is 6.05. The monoisotopic (exact) mass is 293 g/mol. The summed E-state index contributed by atoms with van der Waals surface area (Å²) in [7, 11) is 1.63. The van der Waals surface area contributed by atoms with Crippen molar-refractivity contribution in [1.82, 2.24) is 4.90 Å². The van der Waals surface area contributed by atoms with Crippen molar-refractivity contribution in [3.05, 3.63) is 23.5 Å². The van der Waals surface area contributed by atoms with Gasteiger partial charge in [0.2, 0.25) is 0 Å². The predicted octanol–water partition coefficient (Wildman–Crippen LogP) is 3.40. The Morgan fingerprint density at radius 1 is 1.33 bits per heavy atom. The van der Waals surface area contributed by atoms with Crippen molar-refractivity contribution in [2.24, 2.45) is 0 Å². The van der Waals surface area contributed by atoms with Crippen molar-refractivity contribution >= 4 is 0 Å². The molecule has 3 nitrogen and oxygen atoms in total. The molecule has 0 amide bonds. The van der Waals surface area contributed by atoms with Gasteiger partial charge in [-0.1, -0.05) is 13.3 Å². The zero-order valence-electron chi connectivity index (χ0n) is 12.9. The van der Waals surface area contributed by atoms with Gasteiger partial charge in [0, 0.05) is 17.6 Å². The first-order valence-corrected chi connectivity index (χ1v) is 7.98. The molecule has 0 radical (unpaired) electrons. The van der Waals surface area contributed by atoms with Crippen LogP contribution in [0.5, 0.6) is 11.5 Å². The van der Waals surface area contributed by atoms with Gasteiger partial charge in [0.25, 0.3) is 0 Å². The van der Waals surface area contributed by atoms with Crippen molar-refractivity contribution in [2.45, 2.75) is 51.1 Å². The Bertz CT molecular complexity index is 502. The van der Waals surface area contributed by atoms with Crippen LogP contribution in [0.1, 0.15) is 38.2 Å². The number of rotatable bonds is 5. The van der Waals surface area contributed by atoms with Crippen LogP contribution < -0.4 is 9.47 Å². The van der Waals surface area contributed by atoms with Gasteiger partial charge in [-0.2, -0.15) is 0 Å². The summed E-state index contributed by atoms with van der Waals surface area (Å²) in [6, 6.07) is 4.14. The van der Waals surface area contributed by atoms with Crippen LogP contribution in [-0.2, 0) is 6.42 Å². The lowest BCUT2D eigenvalue weighted by molar-refractivity contribution is 0.0428. The lowest BCUT2D eigenvalue weighted by Gasteiger charge is -2.44. The average Bonchev–Trinajstić information content (AvgIpc) is 2.45. The number of nitrogens with zero attached hydrogens (tertiary/aromatic N) is 1. The fourth-order valence-electron chi connectivity index (χ4n) is 3.45. The maximum atomic E-state index is 13.9. The van der Waals surface area contributed by atoms with Crippen molar-refractivity contribution < 1.29 is 13.9 Å². The van der Waals surface area contributed by atoms with Crippen LogP contribution in [0.2, 0.25) is 0 Å². The lowest BCUT2D eigenvalue weighted by atomic mass is 9.88. The molecule has 0 bridgehead atoms. The van der Waals surface area contributed by atoms with E-state index in [1.807, 2.05) is 0 Å². The minimum atomic E-state index is -0.282. The maximum Gasteiger partial charge on any atom is 0.165 e. The zero-order valence-corrected chi connectivity index (χ0v) is 12.9. The third-order valence-electron chi connectivity index (χ3n) is 4.74. The molecule has 1 unspecified atom stereocenters. The molecule has 4 heteroatoms. The first-order chi connectivity index (χ1) is 10.2. The average molecular weight is 293 g/mol. The molecular weight excluding hydrogens is 269 g/mol. The normalized spacial score (nSPS) is 21.6. The third-order valence-corrected chi connectivity index (χ3v) is 4.74. The van der Waals surface area contributed by atoms with Crippen LogP contribution in [0.4, 0.5) is 4.39 Å². The van der Waals surface area contributed by atoms with Crippen LogP contribution in [0.3, 0.4) is 0 Å². The van der Waals surface area contributed by atoms with E-state index < -0.39 is 0 Å². The molecule has 1 atom stereocenters. The molecule has 1 aliphatic carbocycles. The molecule has 116 valence electrons. The van der Waals surface area contributed by atoms with Gasteiger partial charge < -0.3 is 9.47 Å². The van der Waals surface area contributed by atoms with Crippen LogP contribution in [0.15, 0.2) is 12.1 Å². The van der Waals surface area contributed by atoms with Gasteiger partial charge in [-0.15, -0.1) is 0 Å². The van der Waals surface area contributed by atoms with Crippen molar-refractivity contribution in [1.29, 1.82) is 0 Å². The third kappa shape index (κ3) is 2.73. The van der Waals surface area contributed by atoms with E-state index in [4.69, 9.17) is 9.47 Å². The van der Waals surface area contributed by atoms with E-state index in [1.54, 1.807) is 13.2 Å². The van der Waals surface area contributed by atoms with Crippen molar-refractivity contribution in [2.75, 3.05) is 20.3 Å². The number of fused-ring (bicyclic) bond motifs is 1. The van der Waals surface area contributed by atoms with E-state index in [9.17, 15) is 4.39 Å². The SMILES string of the molecule is CCCN(C1CCC1)C1COc2c(F)ccc(OC)c2C1. The predicted molar refractivity (Wildman–Crippen MR) is 80.6 cm³/mol. The molecular formula is C17H24FNO2. The molecule has 1 aromatic rings. The van der Waals surface area contributed by atoms with Gasteiger partial charge in [-0.3, -0.25) is 4.90 Å². The van der Waals surface area contributed by atoms with Gasteiger partial charge in [-0.05, 0) is 44.4 Å². The number of benzene rings is 1. The molecule has 3 rings (SSSR count). The Hall–Kier alpha value is -1.29. The Kier molecular flexibility index (Phi) is 4.34. The zero-order chi connectivity index (χ0) is 14.8. The van der Waals surface area contributed by atoms with Crippen molar-refractivity contribution in [3.8, 4) is 11.5 Å². The summed E-state index contributed by atoms with van der Waals surface area (Å²) in [6.07, 6.45) is 5.84. The van der Waals surface area contributed by atoms with Crippen LogP contribution >= 0.6 is 0 Å². The molecule has 21 heavy (non-hydrogen) atoms. The number of hydrogen-bond acceptors (Lipinski definition) is 3. The summed E-state index contributed by atoms with van der Waals surface area (Å²) < 4.78 is 25.1. The van der Waals surface area contributed by atoms with Crippen LogP contribution in [-0.4, -0.2) is 37.2 Å². The highest BCUT2D eigenvalue weighted by Gasteiger charge is 2.34. The molecule has 2 aliphatic rings. The second kappa shape index (κ2) is 6.22. The van der Waals surface area contributed by atoms with E-state index in [1.165, 1.54) is 25.3 Å². The summed E-state index contributed by atoms with van der Waals surface area (Å²) >= 11 is 0. The minimum Gasteiger partial charge on any atom is -0.496 e. The van der Waals surface area contributed by atoms with Gasteiger partial charge in [0.05, 0.1) is 7.11 Å². The quantitative estimate of drug-likeness (QED) is 0.830. The highest BCUT2D eigenvalue weighted by molar-refractivity contribution is 5.47. The van der Waals surface area contributed by atoms with Gasteiger partial charge in [0.15, 0.2) is 11.6 Å². The molecule has 1 fully saturated rings. The Morgan fingerprint density at radius 2 is 2.14 bits per heavy atom. The first kappa shape index (κ1) is 14.6. The summed E-state index contributed by atoms with van der Waals surface area (Å²) in [5, 5.41) is 0. The fraction of sp³-hybridized carbons (Fsp3) is 0.647. The Labute approximate surface area is 126 Å². The van der Waals surface area contributed by atoms with Gasteiger partial charge >= 0.3 is 0 Å². The maximum absolute atomic E-state index is 13.9. The lowest BCUT2D eigenvalue weighted by Crippen LogP contribution is -2.51. The second-order valence-corrected chi connectivity index (χ2v) is 6.05. The molecule has 0 spiro atoms. The van der Waals surface area contributed by atoms with Crippen LogP contribution in [0, 0.1) is 5.82 Å². The van der Waals surface area contributed by atoms with Gasteiger partial charge in [0.1, 0.15) is 12.4 Å². The number of halogens is 1. The Morgan fingerprint density at radius 3 is 2.76 bits per heavy atom. The molecule has 0 N–H and O–H groups in total. The van der Waals surface area contributed by atoms with Crippen LogP contribution in [0.25, 0.3) is 0 Å². The van der Waals surface area contributed by atoms with E-state index >= 15 is 0 Å². The smallest absolute Gasteiger partial charge is 0.165 e. The number of ether oxygens (including phenoxy) is 2. The Balaban J connectivity index is 1.83.